The van der Waals surface area contributed by atoms with Crippen LogP contribution in [-0.2, 0) is 6.42 Å². The first-order valence-electron chi connectivity index (χ1n) is 5.57. The van der Waals surface area contributed by atoms with Gasteiger partial charge in [-0.3, -0.25) is 0 Å². The van der Waals surface area contributed by atoms with E-state index in [1.165, 1.54) is 11.3 Å². The van der Waals surface area contributed by atoms with Gasteiger partial charge in [0.2, 0.25) is 0 Å². The van der Waals surface area contributed by atoms with Gasteiger partial charge in [0, 0.05) is 24.8 Å². The van der Waals surface area contributed by atoms with E-state index in [4.69, 9.17) is 18.0 Å². The normalized spacial score (nSPS) is 17.4. The summed E-state index contributed by atoms with van der Waals surface area (Å²) in [4.78, 5) is 2.15. The molecule has 1 aliphatic heterocycles. The number of anilines is 1. The van der Waals surface area contributed by atoms with Gasteiger partial charge in [0.25, 0.3) is 0 Å². The Bertz CT molecular complexity index is 390. The van der Waals surface area contributed by atoms with Crippen molar-refractivity contribution in [2.24, 2.45) is 5.73 Å². The van der Waals surface area contributed by atoms with Crippen LogP contribution in [0.15, 0.2) is 24.3 Å². The highest BCUT2D eigenvalue weighted by atomic mass is 32.1. The van der Waals surface area contributed by atoms with Crippen LogP contribution >= 0.6 is 12.2 Å². The molecule has 0 spiro atoms. The molecule has 86 valence electrons. The van der Waals surface area contributed by atoms with Crippen LogP contribution in [0.1, 0.15) is 12.5 Å². The smallest absolute Gasteiger partial charge is 0.173 e. The Labute approximate surface area is 102 Å². The Morgan fingerprint density at radius 2 is 2.25 bits per heavy atom. The van der Waals surface area contributed by atoms with E-state index in [9.17, 15) is 0 Å². The SMILES string of the molecule is CC(N)Cc1ccccc1N1CCNC1=S. The summed E-state index contributed by atoms with van der Waals surface area (Å²) in [6, 6.07) is 8.50. The van der Waals surface area contributed by atoms with Crippen LogP contribution in [0.2, 0.25) is 0 Å². The van der Waals surface area contributed by atoms with Gasteiger partial charge < -0.3 is 16.0 Å². The Morgan fingerprint density at radius 3 is 2.88 bits per heavy atom. The van der Waals surface area contributed by atoms with Crippen molar-refractivity contribution in [3.8, 4) is 0 Å². The Kier molecular flexibility index (Phi) is 3.41. The Balaban J connectivity index is 2.28. The first kappa shape index (κ1) is 11.4. The molecule has 0 aromatic heterocycles. The molecule has 0 bridgehead atoms. The van der Waals surface area contributed by atoms with Gasteiger partial charge in [-0.2, -0.15) is 0 Å². The predicted molar refractivity (Wildman–Crippen MR) is 71.7 cm³/mol. The molecule has 1 unspecified atom stereocenters. The third-order valence-corrected chi connectivity index (χ3v) is 3.05. The summed E-state index contributed by atoms with van der Waals surface area (Å²) in [5, 5.41) is 3.99. The van der Waals surface area contributed by atoms with Crippen LogP contribution in [0.5, 0.6) is 0 Å². The number of nitrogens with zero attached hydrogens (tertiary/aromatic N) is 1. The van der Waals surface area contributed by atoms with Crippen molar-refractivity contribution in [2.45, 2.75) is 19.4 Å². The van der Waals surface area contributed by atoms with Crippen LogP contribution in [0.3, 0.4) is 0 Å². The fourth-order valence-corrected chi connectivity index (χ4v) is 2.29. The number of para-hydroxylation sites is 1. The molecule has 3 nitrogen and oxygen atoms in total. The lowest BCUT2D eigenvalue weighted by Crippen LogP contribution is -2.29. The summed E-state index contributed by atoms with van der Waals surface area (Å²) in [6.45, 7) is 3.89. The maximum absolute atomic E-state index is 5.86. The quantitative estimate of drug-likeness (QED) is 0.774. The molecule has 4 heteroatoms. The van der Waals surface area contributed by atoms with Crippen molar-refractivity contribution >= 4 is 23.0 Å². The maximum atomic E-state index is 5.86. The molecular weight excluding hydrogens is 218 g/mol. The monoisotopic (exact) mass is 235 g/mol. The van der Waals surface area contributed by atoms with E-state index < -0.39 is 0 Å². The first-order valence-corrected chi connectivity index (χ1v) is 5.98. The minimum atomic E-state index is 0.172. The van der Waals surface area contributed by atoms with Gasteiger partial charge >= 0.3 is 0 Å². The molecule has 1 heterocycles. The van der Waals surface area contributed by atoms with Gasteiger partial charge in [-0.1, -0.05) is 18.2 Å². The van der Waals surface area contributed by atoms with Gasteiger partial charge in [-0.25, -0.2) is 0 Å². The van der Waals surface area contributed by atoms with E-state index in [1.54, 1.807) is 0 Å². The van der Waals surface area contributed by atoms with Crippen LogP contribution in [-0.4, -0.2) is 24.2 Å². The number of rotatable bonds is 3. The van der Waals surface area contributed by atoms with Crippen molar-refractivity contribution in [1.29, 1.82) is 0 Å². The first-order chi connectivity index (χ1) is 7.68. The molecule has 1 aromatic rings. The molecule has 0 amide bonds. The summed E-state index contributed by atoms with van der Waals surface area (Å²) >= 11 is 5.28. The summed E-state index contributed by atoms with van der Waals surface area (Å²) in [5.41, 5.74) is 8.32. The van der Waals surface area contributed by atoms with Crippen molar-refractivity contribution in [2.75, 3.05) is 18.0 Å². The van der Waals surface area contributed by atoms with Crippen molar-refractivity contribution in [3.05, 3.63) is 29.8 Å². The average Bonchev–Trinajstić information content (AvgIpc) is 2.64. The second-order valence-corrected chi connectivity index (χ2v) is 4.58. The highest BCUT2D eigenvalue weighted by Crippen LogP contribution is 2.23. The van der Waals surface area contributed by atoms with Crippen LogP contribution in [0.4, 0.5) is 5.69 Å². The number of hydrogen-bond acceptors (Lipinski definition) is 2. The molecule has 0 saturated carbocycles. The summed E-state index contributed by atoms with van der Waals surface area (Å²) < 4.78 is 0. The third-order valence-electron chi connectivity index (χ3n) is 2.68. The van der Waals surface area contributed by atoms with Crippen molar-refractivity contribution in [1.82, 2.24) is 5.32 Å². The molecule has 1 atom stereocenters. The summed E-state index contributed by atoms with van der Waals surface area (Å²) in [5.74, 6) is 0. The molecule has 1 fully saturated rings. The highest BCUT2D eigenvalue weighted by molar-refractivity contribution is 7.80. The van der Waals surface area contributed by atoms with Gasteiger partial charge in [0.1, 0.15) is 0 Å². The number of thiocarbonyl (C=S) groups is 1. The van der Waals surface area contributed by atoms with Crippen molar-refractivity contribution < 1.29 is 0 Å². The lowest BCUT2D eigenvalue weighted by atomic mass is 10.0. The van der Waals surface area contributed by atoms with Gasteiger partial charge in [-0.15, -0.1) is 0 Å². The van der Waals surface area contributed by atoms with Gasteiger partial charge in [-0.05, 0) is 37.2 Å². The minimum Gasteiger partial charge on any atom is -0.360 e. The lowest BCUT2D eigenvalue weighted by molar-refractivity contribution is 0.737. The molecule has 16 heavy (non-hydrogen) atoms. The summed E-state index contributed by atoms with van der Waals surface area (Å²) in [6.07, 6.45) is 0.884. The van der Waals surface area contributed by atoms with Crippen LogP contribution in [0, 0.1) is 0 Å². The Hall–Kier alpha value is -1.13. The largest absolute Gasteiger partial charge is 0.360 e. The predicted octanol–water partition coefficient (Wildman–Crippen LogP) is 1.27. The fraction of sp³-hybridized carbons (Fsp3) is 0.417. The molecule has 1 aliphatic rings. The van der Waals surface area contributed by atoms with Gasteiger partial charge in [0.05, 0.1) is 0 Å². The zero-order valence-corrected chi connectivity index (χ0v) is 10.3. The van der Waals surface area contributed by atoms with E-state index in [1.807, 2.05) is 19.1 Å². The zero-order valence-electron chi connectivity index (χ0n) is 9.44. The second-order valence-electron chi connectivity index (χ2n) is 4.19. The van der Waals surface area contributed by atoms with E-state index in [0.717, 1.165) is 24.6 Å². The zero-order chi connectivity index (χ0) is 11.5. The lowest BCUT2D eigenvalue weighted by Gasteiger charge is -2.21. The molecule has 3 N–H and O–H groups in total. The molecule has 0 radical (unpaired) electrons. The number of hydrogen-bond donors (Lipinski definition) is 2. The van der Waals surface area contributed by atoms with Gasteiger partial charge in [0.15, 0.2) is 5.11 Å². The summed E-state index contributed by atoms with van der Waals surface area (Å²) in [7, 11) is 0. The molecule has 1 saturated heterocycles. The molecule has 0 aliphatic carbocycles. The average molecular weight is 235 g/mol. The molecular formula is C12H17N3S. The number of benzene rings is 1. The maximum Gasteiger partial charge on any atom is 0.173 e. The molecule has 2 rings (SSSR count). The molecule has 1 aromatic carbocycles. The van der Waals surface area contributed by atoms with Crippen LogP contribution in [0.25, 0.3) is 0 Å². The Morgan fingerprint density at radius 1 is 1.50 bits per heavy atom. The van der Waals surface area contributed by atoms with E-state index in [0.29, 0.717) is 0 Å². The van der Waals surface area contributed by atoms with E-state index in [2.05, 4.69) is 22.3 Å². The van der Waals surface area contributed by atoms with Crippen LogP contribution < -0.4 is 16.0 Å². The number of nitrogens with two attached hydrogens (primary N) is 1. The fourth-order valence-electron chi connectivity index (χ4n) is 2.00. The standard InChI is InChI=1S/C12H17N3S/c1-9(13)8-10-4-2-3-5-11(10)15-7-6-14-12(15)16/h2-5,9H,6-8,13H2,1H3,(H,14,16). The minimum absolute atomic E-state index is 0.172. The third kappa shape index (κ3) is 2.33. The van der Waals surface area contributed by atoms with Crippen molar-refractivity contribution in [3.63, 3.8) is 0 Å². The number of nitrogens with one attached hydrogen (secondary N) is 1. The highest BCUT2D eigenvalue weighted by Gasteiger charge is 2.20. The van der Waals surface area contributed by atoms with E-state index in [-0.39, 0.29) is 6.04 Å². The van der Waals surface area contributed by atoms with E-state index >= 15 is 0 Å². The second kappa shape index (κ2) is 4.80. The topological polar surface area (TPSA) is 41.3 Å².